The van der Waals surface area contributed by atoms with E-state index in [1.165, 1.54) is 4.90 Å². The summed E-state index contributed by atoms with van der Waals surface area (Å²) < 4.78 is 5.80. The molecule has 1 saturated heterocycles. The number of aromatic nitrogens is 1. The van der Waals surface area contributed by atoms with E-state index >= 15 is 0 Å². The number of anilines is 2. The molecule has 1 atom stereocenters. The summed E-state index contributed by atoms with van der Waals surface area (Å²) in [4.78, 5) is 37.3. The third-order valence-corrected chi connectivity index (χ3v) is 7.12. The lowest BCUT2D eigenvalue weighted by Gasteiger charge is -2.34. The van der Waals surface area contributed by atoms with E-state index < -0.39 is 23.5 Å². The fourth-order valence-electron chi connectivity index (χ4n) is 5.08. The Hall–Kier alpha value is -4.43. The number of hydrogen-bond donors (Lipinski definition) is 1. The Morgan fingerprint density at radius 2 is 1.62 bits per heavy atom. The molecule has 1 unspecified atom stereocenters. The number of furan rings is 1. The average Bonchev–Trinajstić information content (AvgIpc) is 3.48. The SMILES string of the molecule is CN1CCN(c2ccc(N3C(=O)C(O)=C(C(=O)c4cc5ccccc5o4)C3c3ccncc3)cc2)CC1. The van der Waals surface area contributed by atoms with Crippen molar-refractivity contribution in [2.45, 2.75) is 6.04 Å². The molecule has 2 aliphatic heterocycles. The van der Waals surface area contributed by atoms with Crippen molar-refractivity contribution in [2.24, 2.45) is 0 Å². The highest BCUT2D eigenvalue weighted by molar-refractivity contribution is 6.20. The number of para-hydroxylation sites is 1. The fourth-order valence-corrected chi connectivity index (χ4v) is 5.08. The van der Waals surface area contributed by atoms with Gasteiger partial charge in [0.1, 0.15) is 5.58 Å². The molecule has 8 heteroatoms. The molecular weight excluding hydrogens is 468 g/mol. The van der Waals surface area contributed by atoms with E-state index in [0.29, 0.717) is 16.8 Å². The highest BCUT2D eigenvalue weighted by Crippen LogP contribution is 2.42. The minimum absolute atomic E-state index is 0.0154. The van der Waals surface area contributed by atoms with Gasteiger partial charge in [0, 0.05) is 55.3 Å². The third kappa shape index (κ3) is 4.05. The Morgan fingerprint density at radius 1 is 0.946 bits per heavy atom. The van der Waals surface area contributed by atoms with E-state index in [0.717, 1.165) is 37.3 Å². The molecule has 2 aromatic carbocycles. The van der Waals surface area contributed by atoms with Crippen LogP contribution in [0.2, 0.25) is 0 Å². The lowest BCUT2D eigenvalue weighted by atomic mass is 9.95. The summed E-state index contributed by atoms with van der Waals surface area (Å²) in [5.41, 5.74) is 2.86. The van der Waals surface area contributed by atoms with Crippen molar-refractivity contribution in [1.82, 2.24) is 9.88 Å². The van der Waals surface area contributed by atoms with Gasteiger partial charge in [-0.15, -0.1) is 0 Å². The molecular formula is C29H26N4O4. The number of aliphatic hydroxyl groups is 1. The van der Waals surface area contributed by atoms with Crippen molar-refractivity contribution in [3.63, 3.8) is 0 Å². The number of carbonyl (C=O) groups is 2. The van der Waals surface area contributed by atoms with Crippen LogP contribution >= 0.6 is 0 Å². The molecule has 2 aliphatic rings. The molecule has 8 nitrogen and oxygen atoms in total. The number of nitrogens with zero attached hydrogens (tertiary/aromatic N) is 4. The number of carbonyl (C=O) groups excluding carboxylic acids is 2. The number of likely N-dealkylation sites (N-methyl/N-ethyl adjacent to an activating group) is 1. The van der Waals surface area contributed by atoms with Crippen molar-refractivity contribution in [2.75, 3.05) is 43.0 Å². The van der Waals surface area contributed by atoms with Gasteiger partial charge >= 0.3 is 0 Å². The molecule has 2 aromatic heterocycles. The molecule has 1 amide bonds. The minimum Gasteiger partial charge on any atom is -0.503 e. The molecule has 1 N–H and O–H groups in total. The van der Waals surface area contributed by atoms with Crippen LogP contribution in [0.5, 0.6) is 0 Å². The second-order valence-corrected chi connectivity index (χ2v) is 9.40. The summed E-state index contributed by atoms with van der Waals surface area (Å²) in [7, 11) is 2.11. The number of amides is 1. The number of benzene rings is 2. The number of pyridine rings is 1. The first-order chi connectivity index (χ1) is 18.0. The van der Waals surface area contributed by atoms with Gasteiger partial charge in [-0.2, -0.15) is 0 Å². The van der Waals surface area contributed by atoms with Crippen LogP contribution in [-0.4, -0.2) is 59.9 Å². The summed E-state index contributed by atoms with van der Waals surface area (Å²) in [6.07, 6.45) is 3.21. The third-order valence-electron chi connectivity index (χ3n) is 7.12. The zero-order valence-electron chi connectivity index (χ0n) is 20.4. The number of piperazine rings is 1. The van der Waals surface area contributed by atoms with Crippen molar-refractivity contribution < 1.29 is 19.1 Å². The first kappa shape index (κ1) is 23.0. The predicted molar refractivity (Wildman–Crippen MR) is 141 cm³/mol. The Balaban J connectivity index is 1.38. The number of Topliss-reactive ketones (excluding diaryl/α,β-unsaturated/α-hetero) is 1. The van der Waals surface area contributed by atoms with E-state index in [1.807, 2.05) is 42.5 Å². The van der Waals surface area contributed by atoms with Crippen LogP contribution in [0.4, 0.5) is 11.4 Å². The van der Waals surface area contributed by atoms with Crippen LogP contribution in [0, 0.1) is 0 Å². The molecule has 0 spiro atoms. The van der Waals surface area contributed by atoms with Crippen LogP contribution < -0.4 is 9.80 Å². The molecule has 4 heterocycles. The molecule has 0 saturated carbocycles. The summed E-state index contributed by atoms with van der Waals surface area (Å²) >= 11 is 0. The van der Waals surface area contributed by atoms with E-state index in [1.54, 1.807) is 36.7 Å². The topological polar surface area (TPSA) is 90.1 Å². The van der Waals surface area contributed by atoms with Gasteiger partial charge in [-0.1, -0.05) is 18.2 Å². The van der Waals surface area contributed by atoms with E-state index in [9.17, 15) is 14.7 Å². The molecule has 4 aromatic rings. The predicted octanol–water partition coefficient (Wildman–Crippen LogP) is 4.36. The molecule has 6 rings (SSSR count). The van der Waals surface area contributed by atoms with Gasteiger partial charge in [0.25, 0.3) is 5.91 Å². The quantitative estimate of drug-likeness (QED) is 0.412. The highest BCUT2D eigenvalue weighted by atomic mass is 16.3. The highest BCUT2D eigenvalue weighted by Gasteiger charge is 2.45. The Morgan fingerprint density at radius 3 is 2.32 bits per heavy atom. The maximum absolute atomic E-state index is 13.7. The van der Waals surface area contributed by atoms with Crippen molar-refractivity contribution in [1.29, 1.82) is 0 Å². The van der Waals surface area contributed by atoms with Crippen molar-refractivity contribution >= 4 is 34.0 Å². The van der Waals surface area contributed by atoms with Crippen LogP contribution in [0.15, 0.2) is 94.9 Å². The zero-order valence-corrected chi connectivity index (χ0v) is 20.4. The van der Waals surface area contributed by atoms with Gasteiger partial charge < -0.3 is 19.3 Å². The first-order valence-corrected chi connectivity index (χ1v) is 12.2. The van der Waals surface area contributed by atoms with E-state index in [2.05, 4.69) is 21.8 Å². The summed E-state index contributed by atoms with van der Waals surface area (Å²) in [5, 5.41) is 11.8. The summed E-state index contributed by atoms with van der Waals surface area (Å²) in [5.74, 6) is -1.66. The standard InChI is InChI=1S/C29H26N4O4/c1-31-14-16-32(17-15-31)21-6-8-22(9-7-21)33-26(19-10-12-30-13-11-19)25(28(35)29(33)36)27(34)24-18-20-4-2-3-5-23(20)37-24/h2-13,18,26,35H,14-17H2,1H3. The van der Waals surface area contributed by atoms with Crippen LogP contribution in [0.3, 0.4) is 0 Å². The summed E-state index contributed by atoms with van der Waals surface area (Å²) in [6, 6.07) is 19.3. The minimum atomic E-state index is -0.828. The van der Waals surface area contributed by atoms with Crippen LogP contribution in [-0.2, 0) is 4.79 Å². The monoisotopic (exact) mass is 494 g/mol. The largest absolute Gasteiger partial charge is 0.503 e. The van der Waals surface area contributed by atoms with Gasteiger partial charge in [-0.3, -0.25) is 19.5 Å². The fraction of sp³-hybridized carbons (Fsp3) is 0.207. The molecule has 0 radical (unpaired) electrons. The van der Waals surface area contributed by atoms with Gasteiger partial charge in [0.2, 0.25) is 5.78 Å². The Bertz CT molecular complexity index is 1470. The number of aliphatic hydroxyl groups excluding tert-OH is 1. The molecule has 37 heavy (non-hydrogen) atoms. The number of ketones is 1. The molecule has 0 bridgehead atoms. The van der Waals surface area contributed by atoms with E-state index in [-0.39, 0.29) is 11.3 Å². The van der Waals surface area contributed by atoms with Crippen LogP contribution in [0.25, 0.3) is 11.0 Å². The van der Waals surface area contributed by atoms with E-state index in [4.69, 9.17) is 4.42 Å². The number of fused-ring (bicyclic) bond motifs is 1. The maximum Gasteiger partial charge on any atom is 0.294 e. The molecule has 0 aliphatic carbocycles. The molecule has 1 fully saturated rings. The van der Waals surface area contributed by atoms with Crippen molar-refractivity contribution in [3.05, 3.63) is 102 Å². The van der Waals surface area contributed by atoms with Crippen LogP contribution in [0.1, 0.15) is 22.2 Å². The Kier molecular flexibility index (Phi) is 5.73. The smallest absolute Gasteiger partial charge is 0.294 e. The maximum atomic E-state index is 13.7. The first-order valence-electron chi connectivity index (χ1n) is 12.2. The number of hydrogen-bond acceptors (Lipinski definition) is 7. The normalized spacial score (nSPS) is 18.7. The van der Waals surface area contributed by atoms with Gasteiger partial charge in [-0.25, -0.2) is 0 Å². The molecule has 186 valence electrons. The second kappa shape index (κ2) is 9.22. The van der Waals surface area contributed by atoms with Gasteiger partial charge in [-0.05, 0) is 61.1 Å². The zero-order chi connectivity index (χ0) is 25.5. The lowest BCUT2D eigenvalue weighted by molar-refractivity contribution is -0.117. The van der Waals surface area contributed by atoms with Crippen molar-refractivity contribution in [3.8, 4) is 0 Å². The average molecular weight is 495 g/mol. The second-order valence-electron chi connectivity index (χ2n) is 9.40. The summed E-state index contributed by atoms with van der Waals surface area (Å²) in [6.45, 7) is 3.83. The Labute approximate surface area is 214 Å². The lowest BCUT2D eigenvalue weighted by Crippen LogP contribution is -2.44. The number of rotatable bonds is 5. The van der Waals surface area contributed by atoms with Gasteiger partial charge in [0.15, 0.2) is 11.5 Å². The van der Waals surface area contributed by atoms with Gasteiger partial charge in [0.05, 0.1) is 11.6 Å².